The molecule has 90 valence electrons. The summed E-state index contributed by atoms with van der Waals surface area (Å²) >= 11 is 0. The van der Waals surface area contributed by atoms with Gasteiger partial charge in [-0.2, -0.15) is 0 Å². The highest BCUT2D eigenvalue weighted by Gasteiger charge is 2.08. The van der Waals surface area contributed by atoms with Crippen molar-refractivity contribution in [1.29, 1.82) is 0 Å². The molecule has 0 saturated heterocycles. The van der Waals surface area contributed by atoms with Gasteiger partial charge in [0.15, 0.2) is 0 Å². The van der Waals surface area contributed by atoms with Crippen LogP contribution in [0, 0.1) is 0 Å². The Balaban J connectivity index is 2.01. The molecule has 0 aromatic heterocycles. The Bertz CT molecular complexity index is 229. The van der Waals surface area contributed by atoms with E-state index in [1.165, 1.54) is 77.0 Å². The summed E-state index contributed by atoms with van der Waals surface area (Å²) in [5.74, 6) is 0. The molecule has 0 aromatic rings. The van der Waals surface area contributed by atoms with Crippen molar-refractivity contribution in [1.82, 2.24) is 0 Å². The molecular weight excluding hydrogens is 192 g/mol. The number of allylic oxidation sites excluding steroid dienone is 4. The van der Waals surface area contributed by atoms with Gasteiger partial charge in [-0.15, -0.1) is 0 Å². The van der Waals surface area contributed by atoms with Gasteiger partial charge >= 0.3 is 0 Å². The molecule has 0 radical (unpaired) electrons. The van der Waals surface area contributed by atoms with E-state index in [2.05, 4.69) is 12.2 Å². The predicted molar refractivity (Wildman–Crippen MR) is 71.6 cm³/mol. The van der Waals surface area contributed by atoms with Crippen LogP contribution in [-0.2, 0) is 0 Å². The Morgan fingerprint density at radius 1 is 0.500 bits per heavy atom. The first kappa shape index (κ1) is 12.0. The predicted octanol–water partition coefficient (Wildman–Crippen LogP) is 5.55. The summed E-state index contributed by atoms with van der Waals surface area (Å²) in [6.45, 7) is 0. The van der Waals surface area contributed by atoms with Crippen LogP contribution in [0.25, 0.3) is 0 Å². The van der Waals surface area contributed by atoms with E-state index in [1.54, 1.807) is 11.1 Å². The second kappa shape index (κ2) is 6.93. The molecule has 0 spiro atoms. The molecule has 0 nitrogen and oxygen atoms in total. The van der Waals surface area contributed by atoms with Crippen LogP contribution in [-0.4, -0.2) is 0 Å². The van der Waals surface area contributed by atoms with E-state index in [1.807, 2.05) is 0 Å². The topological polar surface area (TPSA) is 0 Å². The van der Waals surface area contributed by atoms with Gasteiger partial charge in [0, 0.05) is 0 Å². The lowest BCUT2D eigenvalue weighted by Gasteiger charge is -2.17. The quantitative estimate of drug-likeness (QED) is 0.541. The van der Waals surface area contributed by atoms with E-state index < -0.39 is 0 Å². The van der Waals surface area contributed by atoms with Crippen molar-refractivity contribution in [2.45, 2.75) is 77.0 Å². The lowest BCUT2D eigenvalue weighted by Crippen LogP contribution is -1.97. The smallest absolute Gasteiger partial charge is 0.0279 e. The summed E-state index contributed by atoms with van der Waals surface area (Å²) in [5, 5.41) is 0. The van der Waals surface area contributed by atoms with Crippen LogP contribution in [0.2, 0.25) is 0 Å². The molecule has 0 saturated carbocycles. The van der Waals surface area contributed by atoms with Gasteiger partial charge in [0.1, 0.15) is 0 Å². The van der Waals surface area contributed by atoms with Crippen molar-refractivity contribution in [3.63, 3.8) is 0 Å². The van der Waals surface area contributed by atoms with Crippen LogP contribution >= 0.6 is 0 Å². The fourth-order valence-electron chi connectivity index (χ4n) is 2.97. The molecule has 0 aliphatic heterocycles. The van der Waals surface area contributed by atoms with Crippen molar-refractivity contribution >= 4 is 0 Å². The number of hydrogen-bond donors (Lipinski definition) is 0. The van der Waals surface area contributed by atoms with Crippen molar-refractivity contribution in [3.05, 3.63) is 23.3 Å². The van der Waals surface area contributed by atoms with Crippen LogP contribution in [0.5, 0.6) is 0 Å². The third-order valence-electron chi connectivity index (χ3n) is 3.99. The van der Waals surface area contributed by atoms with Crippen LogP contribution in [0.1, 0.15) is 77.0 Å². The fraction of sp³-hybridized carbons (Fsp3) is 0.750. The molecule has 0 aromatic carbocycles. The Morgan fingerprint density at radius 3 is 1.44 bits per heavy atom. The van der Waals surface area contributed by atoms with E-state index in [-0.39, 0.29) is 0 Å². The molecule has 0 heterocycles. The first-order chi connectivity index (χ1) is 7.97. The lowest BCUT2D eigenvalue weighted by molar-refractivity contribution is 0.605. The Labute approximate surface area is 101 Å². The van der Waals surface area contributed by atoms with Gasteiger partial charge in [0.25, 0.3) is 0 Å². The van der Waals surface area contributed by atoms with E-state index in [4.69, 9.17) is 0 Å². The van der Waals surface area contributed by atoms with Gasteiger partial charge < -0.3 is 0 Å². The van der Waals surface area contributed by atoms with Crippen molar-refractivity contribution in [2.24, 2.45) is 0 Å². The molecule has 0 unspecified atom stereocenters. The average molecular weight is 218 g/mol. The summed E-state index contributed by atoms with van der Waals surface area (Å²) in [6.07, 6.45) is 21.9. The second-order valence-electron chi connectivity index (χ2n) is 5.36. The van der Waals surface area contributed by atoms with Crippen LogP contribution in [0.3, 0.4) is 0 Å². The number of rotatable bonds is 1. The van der Waals surface area contributed by atoms with Crippen LogP contribution in [0.15, 0.2) is 23.3 Å². The maximum Gasteiger partial charge on any atom is -0.0279 e. The molecule has 2 aliphatic carbocycles. The largest absolute Gasteiger partial charge is 0.0811 e. The SMILES string of the molecule is C1=C(C2=CCCCCCC2)CCCCCC1. The third kappa shape index (κ3) is 3.81. The highest BCUT2D eigenvalue weighted by atomic mass is 14.1. The molecule has 0 amide bonds. The molecule has 2 rings (SSSR count). The van der Waals surface area contributed by atoms with Crippen molar-refractivity contribution in [3.8, 4) is 0 Å². The van der Waals surface area contributed by atoms with Crippen LogP contribution in [0.4, 0.5) is 0 Å². The van der Waals surface area contributed by atoms with Gasteiger partial charge in [0.05, 0.1) is 0 Å². The minimum atomic E-state index is 1.33. The molecule has 0 bridgehead atoms. The zero-order chi connectivity index (χ0) is 11.1. The second-order valence-corrected chi connectivity index (χ2v) is 5.36. The Morgan fingerprint density at radius 2 is 0.938 bits per heavy atom. The Kier molecular flexibility index (Phi) is 5.18. The first-order valence-electron chi connectivity index (χ1n) is 7.35. The maximum atomic E-state index is 2.55. The normalized spacial score (nSPS) is 24.5. The zero-order valence-corrected chi connectivity index (χ0v) is 10.6. The minimum Gasteiger partial charge on any atom is -0.0811 e. The highest BCUT2D eigenvalue weighted by molar-refractivity contribution is 5.31. The molecule has 0 fully saturated rings. The van der Waals surface area contributed by atoms with Crippen LogP contribution < -0.4 is 0 Å². The average Bonchev–Trinajstić information content (AvgIpc) is 2.18. The molecule has 0 N–H and O–H groups in total. The van der Waals surface area contributed by atoms with E-state index >= 15 is 0 Å². The Hall–Kier alpha value is -0.520. The summed E-state index contributed by atoms with van der Waals surface area (Å²) in [7, 11) is 0. The zero-order valence-electron chi connectivity index (χ0n) is 10.6. The van der Waals surface area contributed by atoms with Gasteiger partial charge in [0.2, 0.25) is 0 Å². The van der Waals surface area contributed by atoms with Gasteiger partial charge in [-0.25, -0.2) is 0 Å². The van der Waals surface area contributed by atoms with Crippen molar-refractivity contribution < 1.29 is 0 Å². The van der Waals surface area contributed by atoms with Gasteiger partial charge in [-0.1, -0.05) is 37.8 Å². The van der Waals surface area contributed by atoms with Gasteiger partial charge in [-0.3, -0.25) is 0 Å². The monoisotopic (exact) mass is 218 g/mol. The molecule has 0 atom stereocenters. The van der Waals surface area contributed by atoms with E-state index in [0.717, 1.165) is 0 Å². The van der Waals surface area contributed by atoms with Gasteiger partial charge in [-0.05, 0) is 62.5 Å². The van der Waals surface area contributed by atoms with Crippen molar-refractivity contribution in [2.75, 3.05) is 0 Å². The van der Waals surface area contributed by atoms with E-state index in [0.29, 0.717) is 0 Å². The molecule has 0 heteroatoms. The fourth-order valence-corrected chi connectivity index (χ4v) is 2.97. The highest BCUT2D eigenvalue weighted by Crippen LogP contribution is 2.28. The lowest BCUT2D eigenvalue weighted by atomic mass is 9.89. The summed E-state index contributed by atoms with van der Waals surface area (Å²) < 4.78 is 0. The molecular formula is C16H26. The molecule has 2 aliphatic rings. The minimum absolute atomic E-state index is 1.33. The summed E-state index contributed by atoms with van der Waals surface area (Å²) in [5.41, 5.74) is 3.42. The maximum absolute atomic E-state index is 2.55. The summed E-state index contributed by atoms with van der Waals surface area (Å²) in [6, 6.07) is 0. The summed E-state index contributed by atoms with van der Waals surface area (Å²) in [4.78, 5) is 0. The third-order valence-corrected chi connectivity index (χ3v) is 3.99. The first-order valence-corrected chi connectivity index (χ1v) is 7.35. The standard InChI is InChI=1S/C16H26/c1-3-7-11-15(12-8-4-1)16-13-9-5-2-6-10-14-16/h11,13H,1-10,12,14H2. The number of hydrogen-bond acceptors (Lipinski definition) is 0. The molecule has 16 heavy (non-hydrogen) atoms. The van der Waals surface area contributed by atoms with E-state index in [9.17, 15) is 0 Å².